The number of hydrogen-bond acceptors (Lipinski definition) is 3. The minimum atomic E-state index is -0.302. The standard InChI is InChI=1S/C18H29NO2/c1-18-7-6-13-12-5-3-11(20)8-10(12)2-4-14(13)15(18)9-16(21)17(18)19/h8,11-17,20-21H,2-7,9,19H2,1H3/t11-,12-,13+,14+,15-,16+,17-,18-/m0/s1. The Kier molecular flexibility index (Phi) is 3.26. The maximum atomic E-state index is 10.3. The average Bonchev–Trinajstić information content (AvgIpc) is 2.70. The molecule has 3 heteroatoms. The van der Waals surface area contributed by atoms with Gasteiger partial charge in [-0.2, -0.15) is 0 Å². The molecule has 0 saturated heterocycles. The molecule has 4 N–H and O–H groups in total. The van der Waals surface area contributed by atoms with Crippen LogP contribution < -0.4 is 5.73 Å². The van der Waals surface area contributed by atoms with Gasteiger partial charge in [0.25, 0.3) is 0 Å². The molecule has 118 valence electrons. The van der Waals surface area contributed by atoms with Gasteiger partial charge in [-0.05, 0) is 74.0 Å². The van der Waals surface area contributed by atoms with Crippen molar-refractivity contribution >= 4 is 0 Å². The quantitative estimate of drug-likeness (QED) is 0.600. The minimum absolute atomic E-state index is 0.0337. The first-order valence-electron chi connectivity index (χ1n) is 8.83. The van der Waals surface area contributed by atoms with E-state index in [2.05, 4.69) is 13.0 Å². The Morgan fingerprint density at radius 3 is 2.76 bits per heavy atom. The lowest BCUT2D eigenvalue weighted by Gasteiger charge is -2.53. The van der Waals surface area contributed by atoms with Crippen molar-refractivity contribution in [3.05, 3.63) is 11.6 Å². The van der Waals surface area contributed by atoms with Crippen molar-refractivity contribution in [1.29, 1.82) is 0 Å². The van der Waals surface area contributed by atoms with Gasteiger partial charge in [-0.15, -0.1) is 0 Å². The lowest BCUT2D eigenvalue weighted by Crippen LogP contribution is -2.50. The summed E-state index contributed by atoms with van der Waals surface area (Å²) in [6.07, 6.45) is 9.46. The summed E-state index contributed by atoms with van der Waals surface area (Å²) < 4.78 is 0. The van der Waals surface area contributed by atoms with Crippen LogP contribution in [-0.2, 0) is 0 Å². The van der Waals surface area contributed by atoms with Crippen molar-refractivity contribution in [2.75, 3.05) is 0 Å². The fourth-order valence-electron chi connectivity index (χ4n) is 6.36. The Hall–Kier alpha value is -0.380. The van der Waals surface area contributed by atoms with E-state index in [0.29, 0.717) is 11.8 Å². The van der Waals surface area contributed by atoms with Crippen molar-refractivity contribution in [2.45, 2.75) is 70.1 Å². The van der Waals surface area contributed by atoms with Crippen molar-refractivity contribution in [3.63, 3.8) is 0 Å². The fraction of sp³-hybridized carbons (Fsp3) is 0.889. The molecule has 3 fully saturated rings. The third kappa shape index (κ3) is 1.97. The highest BCUT2D eigenvalue weighted by molar-refractivity contribution is 5.20. The third-order valence-corrected chi connectivity index (χ3v) is 7.54. The van der Waals surface area contributed by atoms with Crippen LogP contribution in [0.5, 0.6) is 0 Å². The van der Waals surface area contributed by atoms with E-state index in [-0.39, 0.29) is 23.7 Å². The molecule has 0 aliphatic heterocycles. The highest BCUT2D eigenvalue weighted by atomic mass is 16.3. The van der Waals surface area contributed by atoms with Crippen LogP contribution in [0.3, 0.4) is 0 Å². The average molecular weight is 291 g/mol. The van der Waals surface area contributed by atoms with Gasteiger partial charge in [0.1, 0.15) is 0 Å². The van der Waals surface area contributed by atoms with Gasteiger partial charge in [0.05, 0.1) is 12.2 Å². The summed E-state index contributed by atoms with van der Waals surface area (Å²) in [7, 11) is 0. The van der Waals surface area contributed by atoms with Gasteiger partial charge < -0.3 is 15.9 Å². The van der Waals surface area contributed by atoms with Gasteiger partial charge in [-0.25, -0.2) is 0 Å². The van der Waals surface area contributed by atoms with E-state index in [0.717, 1.165) is 37.5 Å². The van der Waals surface area contributed by atoms with Crippen LogP contribution in [-0.4, -0.2) is 28.5 Å². The highest BCUT2D eigenvalue weighted by Gasteiger charge is 2.58. The summed E-state index contributed by atoms with van der Waals surface area (Å²) in [5.41, 5.74) is 8.02. The minimum Gasteiger partial charge on any atom is -0.391 e. The van der Waals surface area contributed by atoms with Gasteiger partial charge >= 0.3 is 0 Å². The van der Waals surface area contributed by atoms with Crippen LogP contribution in [0.1, 0.15) is 51.9 Å². The van der Waals surface area contributed by atoms with Gasteiger partial charge in [-0.1, -0.05) is 18.6 Å². The molecule has 3 saturated carbocycles. The number of rotatable bonds is 0. The summed E-state index contributed by atoms with van der Waals surface area (Å²) in [5.74, 6) is 2.82. The van der Waals surface area contributed by atoms with Crippen LogP contribution >= 0.6 is 0 Å². The van der Waals surface area contributed by atoms with Crippen LogP contribution in [0.2, 0.25) is 0 Å². The van der Waals surface area contributed by atoms with Gasteiger partial charge in [0, 0.05) is 6.04 Å². The zero-order chi connectivity index (χ0) is 14.8. The summed E-state index contributed by atoms with van der Waals surface area (Å²) in [4.78, 5) is 0. The summed E-state index contributed by atoms with van der Waals surface area (Å²) in [6.45, 7) is 2.32. The Morgan fingerprint density at radius 1 is 1.14 bits per heavy atom. The molecular weight excluding hydrogens is 262 g/mol. The number of fused-ring (bicyclic) bond motifs is 5. The fourth-order valence-corrected chi connectivity index (χ4v) is 6.36. The van der Waals surface area contributed by atoms with Crippen LogP contribution in [0.4, 0.5) is 0 Å². The zero-order valence-electron chi connectivity index (χ0n) is 13.0. The van der Waals surface area contributed by atoms with Crippen molar-refractivity contribution in [3.8, 4) is 0 Å². The molecule has 0 aromatic carbocycles. The Bertz CT molecular complexity index is 462. The lowest BCUT2D eigenvalue weighted by molar-refractivity contribution is -0.0114. The first kappa shape index (κ1) is 14.2. The van der Waals surface area contributed by atoms with Crippen LogP contribution in [0, 0.1) is 29.1 Å². The third-order valence-electron chi connectivity index (χ3n) is 7.54. The predicted molar refractivity (Wildman–Crippen MR) is 82.5 cm³/mol. The second-order valence-electron chi connectivity index (χ2n) is 8.34. The predicted octanol–water partition coefficient (Wildman–Crippen LogP) is 2.22. The lowest BCUT2D eigenvalue weighted by atomic mass is 9.52. The van der Waals surface area contributed by atoms with Gasteiger partial charge in [0.15, 0.2) is 0 Å². The van der Waals surface area contributed by atoms with Gasteiger partial charge in [0.2, 0.25) is 0 Å². The molecule has 0 bridgehead atoms. The summed E-state index contributed by atoms with van der Waals surface area (Å²) >= 11 is 0. The molecule has 8 atom stereocenters. The van der Waals surface area contributed by atoms with Crippen LogP contribution in [0.15, 0.2) is 11.6 Å². The Balaban J connectivity index is 1.62. The Labute approximate surface area is 127 Å². The maximum absolute atomic E-state index is 10.3. The number of aliphatic hydroxyl groups is 2. The van der Waals surface area contributed by atoms with Crippen molar-refractivity contribution < 1.29 is 10.2 Å². The SMILES string of the molecule is C[C@]12CC[C@H]3[C@@H](CCC4=C[C@@H](O)CC[C@@H]43)[C@@H]1C[C@@H](O)[C@@H]2N. The van der Waals surface area contributed by atoms with E-state index in [9.17, 15) is 10.2 Å². The molecule has 21 heavy (non-hydrogen) atoms. The first-order valence-corrected chi connectivity index (χ1v) is 8.83. The number of nitrogens with two attached hydrogens (primary N) is 1. The van der Waals surface area contributed by atoms with E-state index in [4.69, 9.17) is 5.73 Å². The monoisotopic (exact) mass is 291 g/mol. The molecule has 4 rings (SSSR count). The molecule has 0 aromatic rings. The maximum Gasteiger partial charge on any atom is 0.0723 e. The summed E-state index contributed by atoms with van der Waals surface area (Å²) in [5, 5.41) is 20.2. The van der Waals surface area contributed by atoms with Crippen molar-refractivity contribution in [2.24, 2.45) is 34.8 Å². The van der Waals surface area contributed by atoms with E-state index in [1.807, 2.05) is 0 Å². The molecule has 0 radical (unpaired) electrons. The molecular formula is C18H29NO2. The van der Waals surface area contributed by atoms with E-state index in [1.54, 1.807) is 0 Å². The molecule has 0 aromatic heterocycles. The number of hydrogen-bond donors (Lipinski definition) is 3. The van der Waals surface area contributed by atoms with Gasteiger partial charge in [-0.3, -0.25) is 0 Å². The number of allylic oxidation sites excluding steroid dienone is 1. The summed E-state index contributed by atoms with van der Waals surface area (Å²) in [6, 6.07) is -0.0337. The topological polar surface area (TPSA) is 66.5 Å². The first-order chi connectivity index (χ1) is 10.0. The second kappa shape index (κ2) is 4.81. The largest absolute Gasteiger partial charge is 0.391 e. The van der Waals surface area contributed by atoms with Crippen LogP contribution in [0.25, 0.3) is 0 Å². The molecule has 0 spiro atoms. The molecule has 4 aliphatic rings. The second-order valence-corrected chi connectivity index (χ2v) is 8.34. The molecule has 3 nitrogen and oxygen atoms in total. The zero-order valence-corrected chi connectivity index (χ0v) is 13.0. The number of aliphatic hydroxyl groups excluding tert-OH is 2. The van der Waals surface area contributed by atoms with E-state index >= 15 is 0 Å². The van der Waals surface area contributed by atoms with E-state index < -0.39 is 0 Å². The molecule has 0 heterocycles. The van der Waals surface area contributed by atoms with Crippen molar-refractivity contribution in [1.82, 2.24) is 0 Å². The highest BCUT2D eigenvalue weighted by Crippen LogP contribution is 2.61. The smallest absolute Gasteiger partial charge is 0.0723 e. The Morgan fingerprint density at radius 2 is 1.95 bits per heavy atom. The molecule has 4 aliphatic carbocycles. The normalized spacial score (nSPS) is 56.2. The van der Waals surface area contributed by atoms with E-state index in [1.165, 1.54) is 24.8 Å². The molecule has 0 amide bonds. The molecule has 0 unspecified atom stereocenters.